The van der Waals surface area contributed by atoms with E-state index < -0.39 is 22.7 Å². The Labute approximate surface area is 188 Å². The maximum atomic E-state index is 14.0. The lowest BCUT2D eigenvalue weighted by Gasteiger charge is -2.13. The van der Waals surface area contributed by atoms with Crippen molar-refractivity contribution in [1.29, 1.82) is 0 Å². The number of carbonyl (C=O) groups excluding carboxylic acids is 1. The van der Waals surface area contributed by atoms with Gasteiger partial charge in [-0.3, -0.25) is 4.79 Å². The first-order chi connectivity index (χ1) is 15.3. The number of hydrogen-bond acceptors (Lipinski definition) is 3. The zero-order chi connectivity index (χ0) is 23.3. The number of unbranched alkanes of at least 4 members (excludes halogenated alkanes) is 1. The first-order valence-corrected chi connectivity index (χ1v) is 11.6. The minimum Gasteiger partial charge on any atom is -0.465 e. The molecule has 0 aliphatic rings. The van der Waals surface area contributed by atoms with Crippen LogP contribution in [-0.2, 0) is 32.8 Å². The third-order valence-electron chi connectivity index (χ3n) is 5.15. The van der Waals surface area contributed by atoms with Crippen molar-refractivity contribution < 1.29 is 27.1 Å². The lowest BCUT2D eigenvalue weighted by atomic mass is 10.1. The zero-order valence-corrected chi connectivity index (χ0v) is 18.8. The highest BCUT2D eigenvalue weighted by Crippen LogP contribution is 2.31. The largest absolute Gasteiger partial charge is 0.465 e. The van der Waals surface area contributed by atoms with E-state index in [0.717, 1.165) is 30.5 Å². The van der Waals surface area contributed by atoms with Crippen LogP contribution in [0.1, 0.15) is 36.6 Å². The summed E-state index contributed by atoms with van der Waals surface area (Å²) in [5.41, 5.74) is 3.97. The van der Waals surface area contributed by atoms with E-state index in [9.17, 15) is 17.8 Å². The summed E-state index contributed by atoms with van der Waals surface area (Å²) in [6, 6.07) is 12.5. The lowest BCUT2D eigenvalue weighted by Crippen LogP contribution is -2.10. The Hall–Kier alpha value is -2.84. The highest BCUT2D eigenvalue weighted by atomic mass is 32.2. The Kier molecular flexibility index (Phi) is 7.93. The van der Waals surface area contributed by atoms with Crippen LogP contribution in [0.3, 0.4) is 0 Å². The van der Waals surface area contributed by atoms with Crippen LogP contribution in [-0.4, -0.2) is 25.9 Å². The van der Waals surface area contributed by atoms with Gasteiger partial charge in [0.15, 0.2) is 22.7 Å². The molecular formula is C24H25F2NO4S. The maximum Gasteiger partial charge on any atom is 0.310 e. The number of ether oxygens (including phenoxy) is 1. The Morgan fingerprint density at radius 2 is 1.81 bits per heavy atom. The van der Waals surface area contributed by atoms with Gasteiger partial charge >= 0.3 is 5.97 Å². The smallest absolute Gasteiger partial charge is 0.310 e. The molecule has 0 amide bonds. The van der Waals surface area contributed by atoms with Crippen LogP contribution in [0.15, 0.2) is 48.5 Å². The zero-order valence-electron chi connectivity index (χ0n) is 17.9. The summed E-state index contributed by atoms with van der Waals surface area (Å²) >= 11 is -1.95. The Morgan fingerprint density at radius 3 is 2.44 bits per heavy atom. The summed E-state index contributed by atoms with van der Waals surface area (Å²) < 4.78 is 54.7. The molecule has 5 nitrogen and oxygen atoms in total. The van der Waals surface area contributed by atoms with Crippen molar-refractivity contribution >= 4 is 17.0 Å². The topological polar surface area (TPSA) is 68.5 Å². The van der Waals surface area contributed by atoms with E-state index in [1.807, 2.05) is 19.9 Å². The van der Waals surface area contributed by atoms with Crippen molar-refractivity contribution in [2.45, 2.75) is 38.9 Å². The number of esters is 1. The molecule has 0 radical (unpaired) electrons. The number of hydrogen-bond donors (Lipinski definition) is 1. The van der Waals surface area contributed by atoms with E-state index in [-0.39, 0.29) is 18.1 Å². The van der Waals surface area contributed by atoms with Crippen molar-refractivity contribution in [3.8, 4) is 16.9 Å². The number of nitrogens with zero attached hydrogens (tertiary/aromatic N) is 1. The maximum absolute atomic E-state index is 14.0. The summed E-state index contributed by atoms with van der Waals surface area (Å²) in [7, 11) is 0. The van der Waals surface area contributed by atoms with Gasteiger partial charge in [0.25, 0.3) is 0 Å². The summed E-state index contributed by atoms with van der Waals surface area (Å²) in [4.78, 5) is 12.3. The van der Waals surface area contributed by atoms with Crippen molar-refractivity contribution in [3.63, 3.8) is 0 Å². The van der Waals surface area contributed by atoms with Gasteiger partial charge in [0, 0.05) is 17.4 Å². The van der Waals surface area contributed by atoms with Crippen LogP contribution < -0.4 is 0 Å². The molecule has 0 aliphatic carbocycles. The molecule has 3 aromatic rings. The quantitative estimate of drug-likeness (QED) is 0.265. The molecule has 8 heteroatoms. The van der Waals surface area contributed by atoms with Crippen LogP contribution in [0, 0.1) is 18.6 Å². The SMILES string of the molecule is CCCCOC(=O)Cc1cc(-c2ccc(CS(=O)O)cc2)n(-c2ccc(F)c(F)c2)c1C. The third kappa shape index (κ3) is 5.69. The molecule has 1 unspecified atom stereocenters. The molecule has 1 heterocycles. The molecule has 0 aliphatic heterocycles. The minimum absolute atomic E-state index is 0.0122. The molecule has 1 atom stereocenters. The summed E-state index contributed by atoms with van der Waals surface area (Å²) in [6.45, 7) is 4.18. The molecule has 0 bridgehead atoms. The number of halogens is 2. The first-order valence-electron chi connectivity index (χ1n) is 10.3. The minimum atomic E-state index is -1.95. The predicted molar refractivity (Wildman–Crippen MR) is 120 cm³/mol. The van der Waals surface area contributed by atoms with Crippen LogP contribution in [0.25, 0.3) is 16.9 Å². The molecule has 32 heavy (non-hydrogen) atoms. The molecule has 0 saturated carbocycles. The second kappa shape index (κ2) is 10.7. The number of carbonyl (C=O) groups is 1. The van der Waals surface area contributed by atoms with Gasteiger partial charge in [-0.25, -0.2) is 13.0 Å². The van der Waals surface area contributed by atoms with Gasteiger partial charge in [-0.15, -0.1) is 0 Å². The van der Waals surface area contributed by atoms with Crippen molar-refractivity contribution in [2.24, 2.45) is 0 Å². The normalized spacial score (nSPS) is 12.0. The van der Waals surface area contributed by atoms with Crippen molar-refractivity contribution in [2.75, 3.05) is 6.61 Å². The van der Waals surface area contributed by atoms with Gasteiger partial charge in [-0.2, -0.15) is 0 Å². The van der Waals surface area contributed by atoms with E-state index in [0.29, 0.717) is 34.8 Å². The van der Waals surface area contributed by atoms with Crippen LogP contribution in [0.4, 0.5) is 8.78 Å². The van der Waals surface area contributed by atoms with Crippen LogP contribution in [0.2, 0.25) is 0 Å². The highest BCUT2D eigenvalue weighted by Gasteiger charge is 2.19. The molecule has 2 aromatic carbocycles. The third-order valence-corrected chi connectivity index (χ3v) is 5.73. The molecule has 1 N–H and O–H groups in total. The standard InChI is InChI=1S/C24H25F2NO4S/c1-3-4-11-31-24(28)13-19-12-23(18-7-5-17(6-8-18)15-32(29)30)27(16(19)2)20-9-10-21(25)22(26)14-20/h5-10,12,14H,3-4,11,13,15H2,1-2H3,(H,29,30). The van der Waals surface area contributed by atoms with Gasteiger partial charge in [0.1, 0.15) is 0 Å². The van der Waals surface area contributed by atoms with Crippen molar-refractivity contribution in [1.82, 2.24) is 4.57 Å². The Morgan fingerprint density at radius 1 is 1.09 bits per heavy atom. The molecular weight excluding hydrogens is 436 g/mol. The van der Waals surface area contributed by atoms with E-state index in [1.54, 1.807) is 28.8 Å². The second-order valence-electron chi connectivity index (χ2n) is 7.49. The number of rotatable bonds is 9. The summed E-state index contributed by atoms with van der Waals surface area (Å²) in [5, 5.41) is 0. The van der Waals surface area contributed by atoms with E-state index in [1.165, 1.54) is 6.07 Å². The first kappa shape index (κ1) is 23.8. The lowest BCUT2D eigenvalue weighted by molar-refractivity contribution is -0.142. The molecule has 0 spiro atoms. The summed E-state index contributed by atoms with van der Waals surface area (Å²) in [6.07, 6.45) is 1.76. The fourth-order valence-corrected chi connectivity index (χ4v) is 3.94. The van der Waals surface area contributed by atoms with Gasteiger partial charge in [0.05, 0.1) is 24.5 Å². The van der Waals surface area contributed by atoms with Gasteiger partial charge in [-0.05, 0) is 48.2 Å². The Balaban J connectivity index is 2.02. The van der Waals surface area contributed by atoms with Gasteiger partial charge in [-0.1, -0.05) is 37.6 Å². The fourth-order valence-electron chi connectivity index (χ4n) is 3.46. The Bertz CT molecular complexity index is 1130. The van der Waals surface area contributed by atoms with Crippen molar-refractivity contribution in [3.05, 3.63) is 77.0 Å². The van der Waals surface area contributed by atoms with Crippen LogP contribution in [0.5, 0.6) is 0 Å². The van der Waals surface area contributed by atoms with E-state index in [4.69, 9.17) is 9.29 Å². The van der Waals surface area contributed by atoms with Crippen LogP contribution >= 0.6 is 0 Å². The highest BCUT2D eigenvalue weighted by molar-refractivity contribution is 7.78. The monoisotopic (exact) mass is 461 g/mol. The van der Waals surface area contributed by atoms with E-state index in [2.05, 4.69) is 0 Å². The van der Waals surface area contributed by atoms with Gasteiger partial charge < -0.3 is 13.9 Å². The average Bonchev–Trinajstić information content (AvgIpc) is 3.06. The summed E-state index contributed by atoms with van der Waals surface area (Å²) in [5.74, 6) is -2.25. The molecule has 0 saturated heterocycles. The van der Waals surface area contributed by atoms with E-state index >= 15 is 0 Å². The molecule has 1 aromatic heterocycles. The van der Waals surface area contributed by atoms with Gasteiger partial charge in [0.2, 0.25) is 0 Å². The number of aromatic nitrogens is 1. The predicted octanol–water partition coefficient (Wildman–Crippen LogP) is 5.34. The average molecular weight is 462 g/mol. The fraction of sp³-hybridized carbons (Fsp3) is 0.292. The number of benzene rings is 2. The molecule has 170 valence electrons. The molecule has 3 rings (SSSR count). The molecule has 0 fully saturated rings. The second-order valence-corrected chi connectivity index (χ2v) is 8.42.